The van der Waals surface area contributed by atoms with Crippen molar-refractivity contribution in [2.45, 2.75) is 37.5 Å². The van der Waals surface area contributed by atoms with E-state index in [1.165, 1.54) is 0 Å². The molecule has 0 radical (unpaired) electrons. The molecule has 1 spiro atoms. The van der Waals surface area contributed by atoms with Gasteiger partial charge in [0, 0.05) is 31.0 Å². The number of rotatable bonds is 3. The van der Waals surface area contributed by atoms with Crippen LogP contribution in [0.3, 0.4) is 0 Å². The Morgan fingerprint density at radius 3 is 2.76 bits per heavy atom. The molecule has 4 aliphatic rings. The molecule has 8 heteroatoms. The van der Waals surface area contributed by atoms with Crippen molar-refractivity contribution in [1.82, 2.24) is 9.80 Å². The van der Waals surface area contributed by atoms with E-state index in [-0.39, 0.29) is 18.0 Å². The molecule has 136 valence electrons. The van der Waals surface area contributed by atoms with Crippen LogP contribution in [0.1, 0.15) is 19.8 Å². The first kappa shape index (κ1) is 16.4. The van der Waals surface area contributed by atoms with E-state index in [4.69, 9.17) is 9.47 Å². The molecule has 0 aromatic rings. The molecule has 4 aliphatic heterocycles. The largest absolute Gasteiger partial charge is 0.550 e. The molecule has 0 saturated carbocycles. The Kier molecular flexibility index (Phi) is 3.75. The van der Waals surface area contributed by atoms with Gasteiger partial charge in [0.25, 0.3) is 0 Å². The maximum atomic E-state index is 12.9. The molecule has 3 fully saturated rings. The van der Waals surface area contributed by atoms with E-state index in [9.17, 15) is 19.5 Å². The van der Waals surface area contributed by atoms with E-state index < -0.39 is 29.5 Å². The van der Waals surface area contributed by atoms with Gasteiger partial charge in [0.1, 0.15) is 5.60 Å². The van der Waals surface area contributed by atoms with E-state index in [0.29, 0.717) is 39.1 Å². The summed E-state index contributed by atoms with van der Waals surface area (Å²) >= 11 is 0. The molecule has 2 bridgehead atoms. The Morgan fingerprint density at radius 1 is 1.40 bits per heavy atom. The average Bonchev–Trinajstić information content (AvgIpc) is 3.23. The summed E-state index contributed by atoms with van der Waals surface area (Å²) in [6, 6.07) is -0.0170. The number of hydrogen-bond donors (Lipinski definition) is 0. The lowest BCUT2D eigenvalue weighted by molar-refractivity contribution is -0.313. The normalized spacial score (nSPS) is 36.8. The highest BCUT2D eigenvalue weighted by atomic mass is 16.6. The van der Waals surface area contributed by atoms with Crippen LogP contribution in [0, 0.1) is 11.8 Å². The molecule has 25 heavy (non-hydrogen) atoms. The summed E-state index contributed by atoms with van der Waals surface area (Å²) in [5.41, 5.74) is -0.829. The van der Waals surface area contributed by atoms with E-state index in [1.807, 2.05) is 6.08 Å². The number of carboxylic acid groups (broad SMARTS) is 1. The lowest BCUT2D eigenvalue weighted by atomic mass is 9.77. The van der Waals surface area contributed by atoms with Crippen molar-refractivity contribution in [3.05, 3.63) is 12.2 Å². The van der Waals surface area contributed by atoms with E-state index >= 15 is 0 Å². The lowest BCUT2D eigenvalue weighted by Crippen LogP contribution is -2.49. The number of piperidine rings is 1. The molecule has 4 rings (SSSR count). The standard InChI is InChI=1S/C17H22N2O6/c1-2-24-16(23)18-7-4-10(5-8-18)19-9-17-6-3-11(25-17)12(15(21)22)13(17)14(19)20/h3,6,10-13H,2,4-5,7-9H2,1H3,(H,21,22)/p-1/t11-,12+,13-,17-/m1/s1. The predicted octanol–water partition coefficient (Wildman–Crippen LogP) is -0.861. The fraction of sp³-hybridized carbons (Fsp3) is 0.706. The van der Waals surface area contributed by atoms with Crippen LogP contribution in [-0.4, -0.2) is 71.8 Å². The van der Waals surface area contributed by atoms with Gasteiger partial charge in [0.05, 0.1) is 25.2 Å². The number of ether oxygens (including phenoxy) is 2. The lowest BCUT2D eigenvalue weighted by Gasteiger charge is -2.37. The third-order valence-electron chi connectivity index (χ3n) is 5.83. The molecule has 4 heterocycles. The van der Waals surface area contributed by atoms with Crippen molar-refractivity contribution in [2.24, 2.45) is 11.8 Å². The first-order valence-electron chi connectivity index (χ1n) is 8.77. The molecule has 0 aliphatic carbocycles. The van der Waals surface area contributed by atoms with Crippen LogP contribution in [-0.2, 0) is 19.1 Å². The molecule has 0 aromatic carbocycles. The van der Waals surface area contributed by atoms with Crippen LogP contribution in [0.2, 0.25) is 0 Å². The molecular formula is C17H21N2O6-. The number of aliphatic carboxylic acids is 1. The SMILES string of the molecule is CCOC(=O)N1CCC(N2C[C@@]34C=C[C@@H](O3)[C@H](C(=O)[O-])[C@@H]4C2=O)CC1. The maximum absolute atomic E-state index is 12.9. The third kappa shape index (κ3) is 2.34. The van der Waals surface area contributed by atoms with Gasteiger partial charge in [-0.25, -0.2) is 4.79 Å². The fourth-order valence-corrected chi connectivity index (χ4v) is 4.68. The first-order chi connectivity index (χ1) is 12.0. The number of hydrogen-bond acceptors (Lipinski definition) is 6. The summed E-state index contributed by atoms with van der Waals surface area (Å²) in [7, 11) is 0. The van der Waals surface area contributed by atoms with Crippen LogP contribution < -0.4 is 5.11 Å². The van der Waals surface area contributed by atoms with Crippen molar-refractivity contribution in [3.63, 3.8) is 0 Å². The molecule has 4 atom stereocenters. The number of carboxylic acids is 1. The molecule has 8 nitrogen and oxygen atoms in total. The highest BCUT2D eigenvalue weighted by Crippen LogP contribution is 2.52. The summed E-state index contributed by atoms with van der Waals surface area (Å²) in [4.78, 5) is 39.6. The summed E-state index contributed by atoms with van der Waals surface area (Å²) in [5.74, 6) is -3.01. The van der Waals surface area contributed by atoms with Gasteiger partial charge in [-0.1, -0.05) is 12.2 Å². The second kappa shape index (κ2) is 5.72. The van der Waals surface area contributed by atoms with Crippen LogP contribution in [0.15, 0.2) is 12.2 Å². The Labute approximate surface area is 145 Å². The molecule has 0 unspecified atom stereocenters. The Hall–Kier alpha value is -2.09. The zero-order valence-corrected chi connectivity index (χ0v) is 14.1. The number of fused-ring (bicyclic) bond motifs is 1. The van der Waals surface area contributed by atoms with Crippen LogP contribution in [0.4, 0.5) is 4.79 Å². The van der Waals surface area contributed by atoms with Crippen LogP contribution in [0.5, 0.6) is 0 Å². The Morgan fingerprint density at radius 2 is 2.12 bits per heavy atom. The predicted molar refractivity (Wildman–Crippen MR) is 82.1 cm³/mol. The second-order valence-corrected chi connectivity index (χ2v) is 7.10. The Bertz CT molecular complexity index is 641. The highest BCUT2D eigenvalue weighted by molar-refractivity contribution is 5.90. The third-order valence-corrected chi connectivity index (χ3v) is 5.83. The second-order valence-electron chi connectivity index (χ2n) is 7.10. The molecular weight excluding hydrogens is 328 g/mol. The minimum Gasteiger partial charge on any atom is -0.550 e. The van der Waals surface area contributed by atoms with Gasteiger partial charge < -0.3 is 29.2 Å². The van der Waals surface area contributed by atoms with Crippen LogP contribution >= 0.6 is 0 Å². The van der Waals surface area contributed by atoms with Gasteiger partial charge in [-0.2, -0.15) is 0 Å². The number of carbonyl (C=O) groups excluding carboxylic acids is 3. The maximum Gasteiger partial charge on any atom is 0.409 e. The van der Waals surface area contributed by atoms with Crippen molar-refractivity contribution < 1.29 is 29.0 Å². The number of carbonyl (C=O) groups is 3. The van der Waals surface area contributed by atoms with Crippen molar-refractivity contribution in [3.8, 4) is 0 Å². The number of likely N-dealkylation sites (tertiary alicyclic amines) is 2. The minimum absolute atomic E-state index is 0.0170. The van der Waals surface area contributed by atoms with Gasteiger partial charge in [0.15, 0.2) is 0 Å². The van der Waals surface area contributed by atoms with E-state index in [0.717, 1.165) is 0 Å². The van der Waals surface area contributed by atoms with Crippen LogP contribution in [0.25, 0.3) is 0 Å². The smallest absolute Gasteiger partial charge is 0.409 e. The zero-order chi connectivity index (χ0) is 17.8. The van der Waals surface area contributed by atoms with Gasteiger partial charge in [-0.3, -0.25) is 4.79 Å². The summed E-state index contributed by atoms with van der Waals surface area (Å²) in [5, 5.41) is 11.5. The average molecular weight is 349 g/mol. The quantitative estimate of drug-likeness (QED) is 0.615. The fourth-order valence-electron chi connectivity index (χ4n) is 4.68. The van der Waals surface area contributed by atoms with Gasteiger partial charge in [-0.05, 0) is 19.8 Å². The van der Waals surface area contributed by atoms with E-state index in [2.05, 4.69) is 0 Å². The minimum atomic E-state index is -1.23. The summed E-state index contributed by atoms with van der Waals surface area (Å²) in [6.45, 7) is 3.52. The van der Waals surface area contributed by atoms with Gasteiger partial charge in [0.2, 0.25) is 5.91 Å². The van der Waals surface area contributed by atoms with Crippen molar-refractivity contribution in [1.29, 1.82) is 0 Å². The van der Waals surface area contributed by atoms with Gasteiger partial charge in [-0.15, -0.1) is 0 Å². The molecule has 0 aromatic heterocycles. The molecule has 2 amide bonds. The van der Waals surface area contributed by atoms with E-state index in [1.54, 1.807) is 22.8 Å². The highest BCUT2D eigenvalue weighted by Gasteiger charge is 2.66. The summed E-state index contributed by atoms with van der Waals surface area (Å²) in [6.07, 6.45) is 3.98. The Balaban J connectivity index is 1.46. The zero-order valence-electron chi connectivity index (χ0n) is 14.1. The topological polar surface area (TPSA) is 99.2 Å². The molecule has 0 N–H and O–H groups in total. The number of amides is 2. The van der Waals surface area contributed by atoms with Crippen molar-refractivity contribution in [2.75, 3.05) is 26.2 Å². The monoisotopic (exact) mass is 349 g/mol. The van der Waals surface area contributed by atoms with Crippen molar-refractivity contribution >= 4 is 18.0 Å². The molecule has 3 saturated heterocycles. The summed E-state index contributed by atoms with van der Waals surface area (Å²) < 4.78 is 10.9. The first-order valence-corrected chi connectivity index (χ1v) is 8.77. The van der Waals surface area contributed by atoms with Gasteiger partial charge >= 0.3 is 6.09 Å². The number of nitrogens with zero attached hydrogens (tertiary/aromatic N) is 2.